The number of halogens is 3. The maximum Gasteiger partial charge on any atom is 0.238 e. The topological polar surface area (TPSA) is 61.4 Å². The number of carbonyl (C=O) groups excluding carboxylic acids is 1. The predicted molar refractivity (Wildman–Crippen MR) is 97.5 cm³/mol. The Bertz CT molecular complexity index is 897. The number of benzene rings is 1. The average Bonchev–Trinajstić information content (AvgIpc) is 2.68. The van der Waals surface area contributed by atoms with Crippen LogP contribution in [0.2, 0.25) is 0 Å². The van der Waals surface area contributed by atoms with Crippen LogP contribution in [0.15, 0.2) is 24.5 Å². The molecule has 1 aromatic heterocycles. The van der Waals surface area contributed by atoms with E-state index in [4.69, 9.17) is 0 Å². The summed E-state index contributed by atoms with van der Waals surface area (Å²) in [6, 6.07) is 3.22. The second-order valence-electron chi connectivity index (χ2n) is 7.10. The van der Waals surface area contributed by atoms with Gasteiger partial charge in [-0.15, -0.1) is 0 Å². The minimum absolute atomic E-state index is 0.0474. The van der Waals surface area contributed by atoms with Gasteiger partial charge in [0.15, 0.2) is 11.6 Å². The number of piperidine rings is 1. The van der Waals surface area contributed by atoms with Gasteiger partial charge in [-0.05, 0) is 25.0 Å². The molecule has 2 aromatic rings. The number of carbonyl (C=O) groups is 1. The van der Waals surface area contributed by atoms with Crippen LogP contribution >= 0.6 is 0 Å². The Kier molecular flexibility index (Phi) is 4.92. The van der Waals surface area contributed by atoms with Gasteiger partial charge in [0.05, 0.1) is 17.9 Å². The summed E-state index contributed by atoms with van der Waals surface area (Å²) in [5.41, 5.74) is 0.343. The molecule has 9 heteroatoms. The van der Waals surface area contributed by atoms with Gasteiger partial charge in [0.2, 0.25) is 5.91 Å². The molecule has 1 amide bonds. The van der Waals surface area contributed by atoms with Crippen LogP contribution in [0.3, 0.4) is 0 Å². The lowest BCUT2D eigenvalue weighted by Gasteiger charge is -2.56. The molecule has 2 unspecified atom stereocenters. The zero-order valence-electron chi connectivity index (χ0n) is 15.3. The summed E-state index contributed by atoms with van der Waals surface area (Å²) < 4.78 is 41.2. The highest BCUT2D eigenvalue weighted by Crippen LogP contribution is 2.34. The van der Waals surface area contributed by atoms with Gasteiger partial charge in [-0.2, -0.15) is 0 Å². The van der Waals surface area contributed by atoms with E-state index in [9.17, 15) is 18.0 Å². The summed E-state index contributed by atoms with van der Waals surface area (Å²) in [4.78, 5) is 24.2. The van der Waals surface area contributed by atoms with E-state index in [1.54, 1.807) is 0 Å². The highest BCUT2D eigenvalue weighted by atomic mass is 19.1. The van der Waals surface area contributed by atoms with Crippen LogP contribution in [0.4, 0.5) is 24.7 Å². The van der Waals surface area contributed by atoms with Crippen molar-refractivity contribution in [3.63, 3.8) is 0 Å². The fourth-order valence-corrected chi connectivity index (χ4v) is 3.93. The van der Waals surface area contributed by atoms with Crippen molar-refractivity contribution in [2.45, 2.75) is 31.8 Å². The Labute approximate surface area is 160 Å². The Hall–Kier alpha value is -2.68. The standard InChI is InChI=1S/C19H20F3N5O/c1-2-15-18(22)19(24-10-23-15)26-7-12-6-13(8-26)27(12)9-17(28)25-16-4-3-11(20)5-14(16)21/h3-5,10,12-13H,2,6-9H2,1H3,(H,25,28). The van der Waals surface area contributed by atoms with Crippen LogP contribution < -0.4 is 10.2 Å². The Morgan fingerprint density at radius 1 is 1.21 bits per heavy atom. The molecule has 6 nitrogen and oxygen atoms in total. The van der Waals surface area contributed by atoms with Gasteiger partial charge in [0.25, 0.3) is 0 Å². The lowest BCUT2D eigenvalue weighted by Crippen LogP contribution is -2.70. The van der Waals surface area contributed by atoms with Crippen molar-refractivity contribution < 1.29 is 18.0 Å². The molecule has 4 heterocycles. The summed E-state index contributed by atoms with van der Waals surface area (Å²) >= 11 is 0. The van der Waals surface area contributed by atoms with Crippen molar-refractivity contribution in [2.24, 2.45) is 0 Å². The zero-order chi connectivity index (χ0) is 19.8. The number of aryl methyl sites for hydroxylation is 1. The zero-order valence-corrected chi connectivity index (χ0v) is 15.3. The molecule has 0 saturated carbocycles. The third-order valence-electron chi connectivity index (χ3n) is 5.35. The van der Waals surface area contributed by atoms with Crippen LogP contribution in [0, 0.1) is 17.5 Å². The minimum Gasteiger partial charge on any atom is -0.351 e. The molecule has 1 N–H and O–H groups in total. The number of fused-ring (bicyclic) bond motifs is 2. The molecule has 5 rings (SSSR count). The van der Waals surface area contributed by atoms with Crippen molar-refractivity contribution in [3.05, 3.63) is 47.7 Å². The third kappa shape index (κ3) is 3.42. The second-order valence-corrected chi connectivity index (χ2v) is 7.10. The van der Waals surface area contributed by atoms with Crippen molar-refractivity contribution in [3.8, 4) is 0 Å². The molecule has 3 saturated heterocycles. The van der Waals surface area contributed by atoms with Gasteiger partial charge in [0.1, 0.15) is 18.0 Å². The Balaban J connectivity index is 1.38. The van der Waals surface area contributed by atoms with E-state index < -0.39 is 11.6 Å². The fraction of sp³-hybridized carbons (Fsp3) is 0.421. The van der Waals surface area contributed by atoms with Gasteiger partial charge in [-0.1, -0.05) is 6.92 Å². The van der Waals surface area contributed by atoms with Crippen molar-refractivity contribution in [2.75, 3.05) is 29.9 Å². The van der Waals surface area contributed by atoms with E-state index in [-0.39, 0.29) is 36.0 Å². The van der Waals surface area contributed by atoms with E-state index in [0.29, 0.717) is 31.0 Å². The number of amides is 1. The summed E-state index contributed by atoms with van der Waals surface area (Å²) in [6.07, 6.45) is 2.79. The maximum absolute atomic E-state index is 14.5. The number of piperazine rings is 1. The first-order chi connectivity index (χ1) is 13.5. The van der Waals surface area contributed by atoms with Crippen molar-refractivity contribution >= 4 is 17.4 Å². The Morgan fingerprint density at radius 3 is 2.64 bits per heavy atom. The number of hydrogen-bond donors (Lipinski definition) is 1. The number of nitrogens with one attached hydrogen (secondary N) is 1. The Morgan fingerprint density at radius 2 is 1.96 bits per heavy atom. The van der Waals surface area contributed by atoms with Gasteiger partial charge in [-0.25, -0.2) is 23.1 Å². The largest absolute Gasteiger partial charge is 0.351 e. The molecule has 2 atom stereocenters. The minimum atomic E-state index is -0.811. The number of hydrogen-bond acceptors (Lipinski definition) is 5. The SMILES string of the molecule is CCc1ncnc(N2CC3CC(C2)N3CC(=O)Nc2ccc(F)cc2F)c1F. The fourth-order valence-electron chi connectivity index (χ4n) is 3.93. The molecule has 0 spiro atoms. The molecule has 0 aliphatic carbocycles. The first-order valence-electron chi connectivity index (χ1n) is 9.21. The molecular formula is C19H20F3N5O. The molecule has 3 aliphatic heterocycles. The number of anilines is 2. The van der Waals surface area contributed by atoms with Crippen LogP contribution in [0.25, 0.3) is 0 Å². The van der Waals surface area contributed by atoms with E-state index in [2.05, 4.69) is 15.3 Å². The third-order valence-corrected chi connectivity index (χ3v) is 5.35. The lowest BCUT2D eigenvalue weighted by atomic mass is 9.87. The smallest absolute Gasteiger partial charge is 0.238 e. The van der Waals surface area contributed by atoms with Crippen LogP contribution in [0.1, 0.15) is 19.0 Å². The van der Waals surface area contributed by atoms with E-state index in [1.165, 1.54) is 12.4 Å². The van der Waals surface area contributed by atoms with Gasteiger partial charge < -0.3 is 10.2 Å². The summed E-state index contributed by atoms with van der Waals surface area (Å²) in [5, 5.41) is 2.48. The van der Waals surface area contributed by atoms with Gasteiger partial charge >= 0.3 is 0 Å². The van der Waals surface area contributed by atoms with E-state index in [0.717, 1.165) is 18.6 Å². The van der Waals surface area contributed by atoms with Crippen LogP contribution in [0.5, 0.6) is 0 Å². The predicted octanol–water partition coefficient (Wildman–Crippen LogP) is 2.36. The first kappa shape index (κ1) is 18.7. The van der Waals surface area contributed by atoms with E-state index in [1.807, 2.05) is 16.7 Å². The molecule has 28 heavy (non-hydrogen) atoms. The molecule has 1 aromatic carbocycles. The highest BCUT2D eigenvalue weighted by molar-refractivity contribution is 5.92. The lowest BCUT2D eigenvalue weighted by molar-refractivity contribution is -0.121. The van der Waals surface area contributed by atoms with Gasteiger partial charge in [-0.3, -0.25) is 9.69 Å². The van der Waals surface area contributed by atoms with Crippen molar-refractivity contribution in [1.29, 1.82) is 0 Å². The number of rotatable bonds is 5. The quantitative estimate of drug-likeness (QED) is 0.848. The van der Waals surface area contributed by atoms with E-state index >= 15 is 0 Å². The number of nitrogens with zero attached hydrogens (tertiary/aromatic N) is 4. The average molecular weight is 391 g/mol. The van der Waals surface area contributed by atoms with Crippen LogP contribution in [-0.4, -0.2) is 52.5 Å². The normalized spacial score (nSPS) is 21.4. The molecule has 2 bridgehead atoms. The molecule has 148 valence electrons. The van der Waals surface area contributed by atoms with Crippen LogP contribution in [-0.2, 0) is 11.2 Å². The summed E-state index contributed by atoms with van der Waals surface area (Å²) in [5.74, 6) is -1.96. The molecular weight excluding hydrogens is 371 g/mol. The first-order valence-corrected chi connectivity index (χ1v) is 9.21. The maximum atomic E-state index is 14.5. The summed E-state index contributed by atoms with van der Waals surface area (Å²) in [6.45, 7) is 3.07. The molecule has 3 aliphatic rings. The highest BCUT2D eigenvalue weighted by Gasteiger charge is 2.46. The molecule has 3 fully saturated rings. The number of aromatic nitrogens is 2. The molecule has 0 radical (unpaired) electrons. The van der Waals surface area contributed by atoms with Crippen molar-refractivity contribution in [1.82, 2.24) is 14.9 Å². The van der Waals surface area contributed by atoms with Gasteiger partial charge in [0, 0.05) is 31.2 Å². The second kappa shape index (κ2) is 7.38. The summed E-state index contributed by atoms with van der Waals surface area (Å²) in [7, 11) is 0. The monoisotopic (exact) mass is 391 g/mol.